The van der Waals surface area contributed by atoms with Gasteiger partial charge in [-0.25, -0.2) is 4.68 Å². The van der Waals surface area contributed by atoms with Crippen molar-refractivity contribution < 1.29 is 4.79 Å². The number of hydrogen-bond donors (Lipinski definition) is 1. The lowest BCUT2D eigenvalue weighted by molar-refractivity contribution is -0.131. The van der Waals surface area contributed by atoms with Gasteiger partial charge in [-0.3, -0.25) is 4.79 Å². The Labute approximate surface area is 175 Å². The molecule has 2 heterocycles. The molecule has 0 bridgehead atoms. The van der Waals surface area contributed by atoms with Crippen LogP contribution in [0, 0.1) is 6.92 Å². The molecule has 0 radical (unpaired) electrons. The minimum Gasteiger partial charge on any atom is -0.341 e. The number of carbonyl (C=O) groups excluding carboxylic acids is 1. The van der Waals surface area contributed by atoms with E-state index in [1.54, 1.807) is 0 Å². The molecule has 150 valence electrons. The van der Waals surface area contributed by atoms with E-state index in [2.05, 4.69) is 10.2 Å². The molecule has 0 unspecified atom stereocenters. The summed E-state index contributed by atoms with van der Waals surface area (Å²) in [4.78, 5) is 15.3. The summed E-state index contributed by atoms with van der Waals surface area (Å²) in [5, 5.41) is 8.69. The fourth-order valence-electron chi connectivity index (χ4n) is 3.53. The number of likely N-dealkylation sites (tertiary alicyclic amines) is 1. The van der Waals surface area contributed by atoms with Gasteiger partial charge in [0.1, 0.15) is 5.25 Å². The Morgan fingerprint density at radius 1 is 1.00 bits per heavy atom. The Hall–Kier alpha value is -2.80. The summed E-state index contributed by atoms with van der Waals surface area (Å²) in [6.07, 6.45) is 3.30. The number of nitrogens with two attached hydrogens (primary N) is 1. The Balaban J connectivity index is 1.62. The summed E-state index contributed by atoms with van der Waals surface area (Å²) in [6, 6.07) is 17.8. The minimum absolute atomic E-state index is 0.112. The molecule has 1 atom stereocenters. The maximum Gasteiger partial charge on any atom is 0.240 e. The molecule has 0 aliphatic carbocycles. The lowest BCUT2D eigenvalue weighted by Gasteiger charge is -2.30. The molecule has 1 saturated heterocycles. The van der Waals surface area contributed by atoms with Crippen LogP contribution in [0.2, 0.25) is 0 Å². The summed E-state index contributed by atoms with van der Waals surface area (Å²) in [7, 11) is 0. The number of amides is 1. The average molecular weight is 408 g/mol. The fraction of sp³-hybridized carbons (Fsp3) is 0.318. The number of piperidine rings is 1. The third-order valence-electron chi connectivity index (χ3n) is 5.19. The highest BCUT2D eigenvalue weighted by Gasteiger charge is 2.30. The molecule has 0 spiro atoms. The molecule has 1 aromatic heterocycles. The van der Waals surface area contributed by atoms with E-state index < -0.39 is 5.25 Å². The molecule has 7 heteroatoms. The monoisotopic (exact) mass is 407 g/mol. The predicted molar refractivity (Wildman–Crippen MR) is 116 cm³/mol. The van der Waals surface area contributed by atoms with E-state index in [0.29, 0.717) is 11.0 Å². The van der Waals surface area contributed by atoms with Gasteiger partial charge in [-0.2, -0.15) is 0 Å². The standard InChI is InChI=1S/C22H25N5OS/c1-16-10-12-18(13-11-16)20-24-25-22(27(20)23)29-19(17-8-4-2-5-9-17)21(28)26-14-6-3-7-15-26/h2,4-5,8-13,19H,3,6-7,14-15,23H2,1H3/t19-/m0/s1. The molecule has 2 aromatic carbocycles. The van der Waals surface area contributed by atoms with Crippen LogP contribution in [0.5, 0.6) is 0 Å². The maximum atomic E-state index is 13.3. The highest BCUT2D eigenvalue weighted by atomic mass is 32.2. The van der Waals surface area contributed by atoms with Gasteiger partial charge in [-0.1, -0.05) is 71.9 Å². The van der Waals surface area contributed by atoms with Crippen LogP contribution in [0.25, 0.3) is 11.4 Å². The third kappa shape index (κ3) is 4.29. The number of thioether (sulfide) groups is 1. The summed E-state index contributed by atoms with van der Waals surface area (Å²) >= 11 is 1.36. The molecule has 1 amide bonds. The normalized spacial score (nSPS) is 15.3. The van der Waals surface area contributed by atoms with Crippen LogP contribution in [0.3, 0.4) is 0 Å². The first-order valence-electron chi connectivity index (χ1n) is 9.91. The first-order chi connectivity index (χ1) is 14.1. The smallest absolute Gasteiger partial charge is 0.240 e. The summed E-state index contributed by atoms with van der Waals surface area (Å²) in [5.41, 5.74) is 3.02. The van der Waals surface area contributed by atoms with Crippen molar-refractivity contribution >= 4 is 17.7 Å². The van der Waals surface area contributed by atoms with Gasteiger partial charge in [-0.15, -0.1) is 10.2 Å². The molecule has 29 heavy (non-hydrogen) atoms. The number of nitrogen functional groups attached to an aromatic ring is 1. The van der Waals surface area contributed by atoms with E-state index in [-0.39, 0.29) is 5.91 Å². The van der Waals surface area contributed by atoms with Crippen molar-refractivity contribution in [2.45, 2.75) is 36.6 Å². The molecule has 2 N–H and O–H groups in total. The van der Waals surface area contributed by atoms with Gasteiger partial charge >= 0.3 is 0 Å². The lowest BCUT2D eigenvalue weighted by atomic mass is 10.1. The zero-order valence-electron chi connectivity index (χ0n) is 16.5. The molecule has 0 saturated carbocycles. The van der Waals surface area contributed by atoms with E-state index in [9.17, 15) is 4.79 Å². The summed E-state index contributed by atoms with van der Waals surface area (Å²) in [5.74, 6) is 7.02. The first kappa shape index (κ1) is 19.5. The van der Waals surface area contributed by atoms with Crippen molar-refractivity contribution in [2.24, 2.45) is 0 Å². The molecule has 1 aliphatic heterocycles. The van der Waals surface area contributed by atoms with E-state index in [0.717, 1.165) is 37.1 Å². The van der Waals surface area contributed by atoms with Crippen molar-refractivity contribution in [3.05, 3.63) is 65.7 Å². The Morgan fingerprint density at radius 3 is 2.38 bits per heavy atom. The van der Waals surface area contributed by atoms with Crippen molar-refractivity contribution in [3.8, 4) is 11.4 Å². The number of aryl methyl sites for hydroxylation is 1. The van der Waals surface area contributed by atoms with Crippen LogP contribution in [0.4, 0.5) is 0 Å². The molecule has 1 fully saturated rings. The molecule has 6 nitrogen and oxygen atoms in total. The van der Waals surface area contributed by atoms with Crippen molar-refractivity contribution in [2.75, 3.05) is 18.9 Å². The van der Waals surface area contributed by atoms with E-state index in [4.69, 9.17) is 5.84 Å². The molecule has 1 aliphatic rings. The second-order valence-corrected chi connectivity index (χ2v) is 8.41. The van der Waals surface area contributed by atoms with Crippen LogP contribution >= 0.6 is 11.8 Å². The number of hydrogen-bond acceptors (Lipinski definition) is 5. The van der Waals surface area contributed by atoms with Gasteiger partial charge in [0, 0.05) is 18.7 Å². The van der Waals surface area contributed by atoms with Gasteiger partial charge in [0.25, 0.3) is 0 Å². The highest BCUT2D eigenvalue weighted by molar-refractivity contribution is 8.00. The summed E-state index contributed by atoms with van der Waals surface area (Å²) in [6.45, 7) is 3.66. The zero-order chi connectivity index (χ0) is 20.2. The third-order valence-corrected chi connectivity index (χ3v) is 6.39. The van der Waals surface area contributed by atoms with Gasteiger partial charge < -0.3 is 10.7 Å². The van der Waals surface area contributed by atoms with Crippen LogP contribution in [-0.4, -0.2) is 38.8 Å². The van der Waals surface area contributed by atoms with E-state index in [1.807, 2.05) is 66.4 Å². The van der Waals surface area contributed by atoms with Crippen LogP contribution in [0.15, 0.2) is 59.8 Å². The quantitative estimate of drug-likeness (QED) is 0.514. The van der Waals surface area contributed by atoms with Crippen LogP contribution in [-0.2, 0) is 4.79 Å². The number of aromatic nitrogens is 3. The highest BCUT2D eigenvalue weighted by Crippen LogP contribution is 2.37. The molecule has 3 aromatic rings. The number of rotatable bonds is 5. The topological polar surface area (TPSA) is 77.0 Å². The zero-order valence-corrected chi connectivity index (χ0v) is 17.3. The van der Waals surface area contributed by atoms with Crippen molar-refractivity contribution in [1.29, 1.82) is 0 Å². The first-order valence-corrected chi connectivity index (χ1v) is 10.8. The van der Waals surface area contributed by atoms with Crippen LogP contribution < -0.4 is 5.84 Å². The Kier molecular flexibility index (Phi) is 5.85. The van der Waals surface area contributed by atoms with Gasteiger partial charge in [0.2, 0.25) is 11.1 Å². The fourth-order valence-corrected chi connectivity index (χ4v) is 4.57. The second kappa shape index (κ2) is 8.69. The molecular formula is C22H25N5OS. The molecular weight excluding hydrogens is 382 g/mol. The van der Waals surface area contributed by atoms with E-state index >= 15 is 0 Å². The van der Waals surface area contributed by atoms with Gasteiger partial charge in [0.15, 0.2) is 5.82 Å². The van der Waals surface area contributed by atoms with Gasteiger partial charge in [0.05, 0.1) is 0 Å². The lowest BCUT2D eigenvalue weighted by Crippen LogP contribution is -2.38. The average Bonchev–Trinajstić information content (AvgIpc) is 3.13. The molecule has 4 rings (SSSR count). The Bertz CT molecular complexity index is 965. The number of carbonyl (C=O) groups is 1. The van der Waals surface area contributed by atoms with Gasteiger partial charge in [-0.05, 0) is 31.7 Å². The largest absolute Gasteiger partial charge is 0.341 e. The summed E-state index contributed by atoms with van der Waals surface area (Å²) < 4.78 is 1.48. The maximum absolute atomic E-state index is 13.3. The van der Waals surface area contributed by atoms with Crippen molar-refractivity contribution in [3.63, 3.8) is 0 Å². The van der Waals surface area contributed by atoms with E-state index in [1.165, 1.54) is 28.4 Å². The van der Waals surface area contributed by atoms with Crippen molar-refractivity contribution in [1.82, 2.24) is 19.8 Å². The SMILES string of the molecule is Cc1ccc(-c2nnc(S[C@H](C(=O)N3CCCCC3)c3ccccc3)n2N)cc1. The second-order valence-electron chi connectivity index (χ2n) is 7.34. The Morgan fingerprint density at radius 2 is 1.69 bits per heavy atom. The predicted octanol–water partition coefficient (Wildman–Crippen LogP) is 3.81. The minimum atomic E-state index is -0.397. The number of benzene rings is 2. The number of nitrogens with zero attached hydrogens (tertiary/aromatic N) is 4. The van der Waals surface area contributed by atoms with Crippen LogP contribution in [0.1, 0.15) is 35.6 Å².